The van der Waals surface area contributed by atoms with Gasteiger partial charge in [0.2, 0.25) is 0 Å². The second kappa shape index (κ2) is 6.80. The van der Waals surface area contributed by atoms with Gasteiger partial charge in [-0.25, -0.2) is 4.39 Å². The highest BCUT2D eigenvalue weighted by atomic mass is 19.1. The fraction of sp³-hybridized carbons (Fsp3) is 0.417. The predicted octanol–water partition coefficient (Wildman–Crippen LogP) is 0.938. The summed E-state index contributed by atoms with van der Waals surface area (Å²) in [6, 6.07) is 4.05. The molecule has 0 aliphatic carbocycles. The molecule has 3 N–H and O–H groups in total. The minimum absolute atomic E-state index is 0.0412. The van der Waals surface area contributed by atoms with E-state index in [0.717, 1.165) is 6.07 Å². The highest BCUT2D eigenvalue weighted by molar-refractivity contribution is 5.80. The standard InChI is InChI=1S/C12H17FN2O3/c1-8(12(16)15-5-6-17-2)18-9-3-4-11(14)10(13)7-9/h3-4,7-8H,5-6,14H2,1-2H3,(H,15,16). The van der Waals surface area contributed by atoms with Crippen molar-refractivity contribution in [3.05, 3.63) is 24.0 Å². The van der Waals surface area contributed by atoms with Gasteiger partial charge in [0.05, 0.1) is 12.3 Å². The Balaban J connectivity index is 2.50. The molecule has 100 valence electrons. The highest BCUT2D eigenvalue weighted by Gasteiger charge is 2.14. The van der Waals surface area contributed by atoms with Gasteiger partial charge < -0.3 is 20.5 Å². The van der Waals surface area contributed by atoms with Crippen LogP contribution >= 0.6 is 0 Å². The average Bonchev–Trinajstić information content (AvgIpc) is 2.34. The fourth-order valence-corrected chi connectivity index (χ4v) is 1.26. The zero-order valence-electron chi connectivity index (χ0n) is 10.4. The molecule has 0 radical (unpaired) electrons. The number of halogens is 1. The number of ether oxygens (including phenoxy) is 2. The Morgan fingerprint density at radius 1 is 1.56 bits per heavy atom. The maximum Gasteiger partial charge on any atom is 0.260 e. The Hall–Kier alpha value is -1.82. The van der Waals surface area contributed by atoms with Gasteiger partial charge in [0.25, 0.3) is 5.91 Å². The van der Waals surface area contributed by atoms with E-state index in [1.807, 2.05) is 0 Å². The van der Waals surface area contributed by atoms with Crippen molar-refractivity contribution in [2.45, 2.75) is 13.0 Å². The summed E-state index contributed by atoms with van der Waals surface area (Å²) in [5, 5.41) is 2.62. The number of amides is 1. The van der Waals surface area contributed by atoms with Gasteiger partial charge in [-0.2, -0.15) is 0 Å². The number of carbonyl (C=O) groups is 1. The Kier molecular flexibility index (Phi) is 5.38. The third kappa shape index (κ3) is 4.21. The topological polar surface area (TPSA) is 73.6 Å². The zero-order chi connectivity index (χ0) is 13.5. The summed E-state index contributed by atoms with van der Waals surface area (Å²) in [4.78, 5) is 11.6. The first-order chi connectivity index (χ1) is 8.54. The molecule has 0 spiro atoms. The zero-order valence-corrected chi connectivity index (χ0v) is 10.4. The lowest BCUT2D eigenvalue weighted by molar-refractivity contribution is -0.127. The normalized spacial score (nSPS) is 11.9. The summed E-state index contributed by atoms with van der Waals surface area (Å²) in [6.07, 6.45) is -0.718. The number of hydrogen-bond donors (Lipinski definition) is 2. The minimum atomic E-state index is -0.718. The van der Waals surface area contributed by atoms with Crippen LogP contribution < -0.4 is 15.8 Å². The molecule has 0 saturated carbocycles. The van der Waals surface area contributed by atoms with E-state index >= 15 is 0 Å². The molecule has 0 aliphatic heterocycles. The number of nitrogens with one attached hydrogen (secondary N) is 1. The lowest BCUT2D eigenvalue weighted by Gasteiger charge is -2.14. The molecule has 0 aliphatic rings. The molecule has 0 bridgehead atoms. The van der Waals surface area contributed by atoms with Crippen molar-refractivity contribution in [3.8, 4) is 5.75 Å². The maximum absolute atomic E-state index is 13.2. The van der Waals surface area contributed by atoms with Crippen molar-refractivity contribution in [3.63, 3.8) is 0 Å². The van der Waals surface area contributed by atoms with Gasteiger partial charge in [-0.3, -0.25) is 4.79 Å². The van der Waals surface area contributed by atoms with Gasteiger partial charge in [0.1, 0.15) is 11.6 Å². The van der Waals surface area contributed by atoms with E-state index < -0.39 is 11.9 Å². The molecule has 5 nitrogen and oxygen atoms in total. The van der Waals surface area contributed by atoms with Crippen LogP contribution in [0, 0.1) is 5.82 Å². The van der Waals surface area contributed by atoms with Crippen LogP contribution in [-0.4, -0.2) is 32.3 Å². The van der Waals surface area contributed by atoms with Gasteiger partial charge in [-0.1, -0.05) is 0 Å². The summed E-state index contributed by atoms with van der Waals surface area (Å²) >= 11 is 0. The highest BCUT2D eigenvalue weighted by Crippen LogP contribution is 2.18. The molecule has 1 aromatic rings. The molecule has 1 unspecified atom stereocenters. The van der Waals surface area contributed by atoms with E-state index in [9.17, 15) is 9.18 Å². The van der Waals surface area contributed by atoms with Crippen molar-refractivity contribution < 1.29 is 18.7 Å². The number of hydrogen-bond acceptors (Lipinski definition) is 4. The van der Waals surface area contributed by atoms with Crippen LogP contribution in [0.4, 0.5) is 10.1 Å². The molecule has 0 fully saturated rings. The van der Waals surface area contributed by atoms with Crippen LogP contribution in [0.15, 0.2) is 18.2 Å². The smallest absolute Gasteiger partial charge is 0.260 e. The second-order valence-electron chi connectivity index (χ2n) is 3.73. The summed E-state index contributed by atoms with van der Waals surface area (Å²) in [6.45, 7) is 2.41. The van der Waals surface area contributed by atoms with Crippen molar-refractivity contribution >= 4 is 11.6 Å². The van der Waals surface area contributed by atoms with Gasteiger partial charge >= 0.3 is 0 Å². The molecular formula is C12H17FN2O3. The third-order valence-corrected chi connectivity index (χ3v) is 2.26. The van der Waals surface area contributed by atoms with Gasteiger partial charge in [0, 0.05) is 19.7 Å². The molecule has 0 heterocycles. The summed E-state index contributed by atoms with van der Waals surface area (Å²) < 4.78 is 23.3. The Morgan fingerprint density at radius 2 is 2.28 bits per heavy atom. The lowest BCUT2D eigenvalue weighted by atomic mass is 10.3. The summed E-state index contributed by atoms with van der Waals surface area (Å²) in [5.74, 6) is -0.597. The molecular weight excluding hydrogens is 239 g/mol. The first kappa shape index (κ1) is 14.2. The number of benzene rings is 1. The number of nitrogens with two attached hydrogens (primary N) is 1. The van der Waals surface area contributed by atoms with Crippen LogP contribution in [0.25, 0.3) is 0 Å². The van der Waals surface area contributed by atoms with Crippen molar-refractivity contribution in [2.24, 2.45) is 0 Å². The van der Waals surface area contributed by atoms with Crippen LogP contribution in [-0.2, 0) is 9.53 Å². The van der Waals surface area contributed by atoms with Crippen molar-refractivity contribution in [1.29, 1.82) is 0 Å². The Labute approximate surface area is 105 Å². The fourth-order valence-electron chi connectivity index (χ4n) is 1.26. The monoisotopic (exact) mass is 256 g/mol. The number of rotatable bonds is 6. The van der Waals surface area contributed by atoms with E-state index in [1.54, 1.807) is 14.0 Å². The van der Waals surface area contributed by atoms with E-state index in [1.165, 1.54) is 12.1 Å². The second-order valence-corrected chi connectivity index (χ2v) is 3.73. The molecule has 18 heavy (non-hydrogen) atoms. The van der Waals surface area contributed by atoms with Gasteiger partial charge in [-0.05, 0) is 19.1 Å². The van der Waals surface area contributed by atoms with Crippen molar-refractivity contribution in [2.75, 3.05) is 26.0 Å². The SMILES string of the molecule is COCCNC(=O)C(C)Oc1ccc(N)c(F)c1. The Morgan fingerprint density at radius 3 is 2.89 bits per heavy atom. The number of methoxy groups -OCH3 is 1. The van der Waals surface area contributed by atoms with Crippen molar-refractivity contribution in [1.82, 2.24) is 5.32 Å². The van der Waals surface area contributed by atoms with E-state index in [4.69, 9.17) is 15.2 Å². The molecule has 1 amide bonds. The number of carbonyl (C=O) groups excluding carboxylic acids is 1. The molecule has 1 atom stereocenters. The summed E-state index contributed by atoms with van der Waals surface area (Å²) in [7, 11) is 1.54. The van der Waals surface area contributed by atoms with Gasteiger partial charge in [0.15, 0.2) is 6.10 Å². The van der Waals surface area contributed by atoms with E-state index in [2.05, 4.69) is 5.32 Å². The maximum atomic E-state index is 13.2. The molecule has 0 saturated heterocycles. The first-order valence-corrected chi connectivity index (χ1v) is 5.53. The van der Waals surface area contributed by atoms with Gasteiger partial charge in [-0.15, -0.1) is 0 Å². The molecule has 1 rings (SSSR count). The third-order valence-electron chi connectivity index (χ3n) is 2.26. The average molecular weight is 256 g/mol. The predicted molar refractivity (Wildman–Crippen MR) is 65.8 cm³/mol. The van der Waals surface area contributed by atoms with Crippen LogP contribution in [0.2, 0.25) is 0 Å². The molecule has 6 heteroatoms. The lowest BCUT2D eigenvalue weighted by Crippen LogP contribution is -2.37. The van der Waals surface area contributed by atoms with E-state index in [0.29, 0.717) is 13.2 Å². The largest absolute Gasteiger partial charge is 0.481 e. The molecule has 0 aromatic heterocycles. The number of nitrogen functional groups attached to an aromatic ring is 1. The first-order valence-electron chi connectivity index (χ1n) is 5.53. The minimum Gasteiger partial charge on any atom is -0.481 e. The van der Waals surface area contributed by atoms with Crippen LogP contribution in [0.3, 0.4) is 0 Å². The molecule has 1 aromatic carbocycles. The quantitative estimate of drug-likeness (QED) is 0.587. The van der Waals surface area contributed by atoms with E-state index in [-0.39, 0.29) is 17.3 Å². The Bertz CT molecular complexity index is 412. The van der Waals surface area contributed by atoms with Crippen LogP contribution in [0.5, 0.6) is 5.75 Å². The van der Waals surface area contributed by atoms with Crippen LogP contribution in [0.1, 0.15) is 6.92 Å². The summed E-state index contributed by atoms with van der Waals surface area (Å²) in [5.41, 5.74) is 5.38. The number of anilines is 1.